The minimum atomic E-state index is 0.598. The zero-order valence-corrected chi connectivity index (χ0v) is 9.84. The van der Waals surface area contributed by atoms with Crippen molar-refractivity contribution in [2.75, 3.05) is 0 Å². The third-order valence-electron chi connectivity index (χ3n) is 3.30. The summed E-state index contributed by atoms with van der Waals surface area (Å²) in [4.78, 5) is 0. The quantitative estimate of drug-likeness (QED) is 0.871. The first-order chi connectivity index (χ1) is 8.35. The molecule has 0 aliphatic heterocycles. The normalized spacial score (nSPS) is 15.1. The molecule has 1 fully saturated rings. The van der Waals surface area contributed by atoms with Gasteiger partial charge >= 0.3 is 0 Å². The van der Waals surface area contributed by atoms with E-state index in [1.165, 1.54) is 29.5 Å². The topological polar surface area (TPSA) is 43.8 Å². The molecule has 1 aliphatic rings. The molecular weight excluding hydrogens is 210 g/mol. The SMILES string of the molecule is NCc1ccc(-c2cnn(CC3CC3)c2)cc1. The van der Waals surface area contributed by atoms with Crippen LogP contribution in [-0.2, 0) is 13.1 Å². The van der Waals surface area contributed by atoms with Gasteiger partial charge in [0.25, 0.3) is 0 Å². The zero-order chi connectivity index (χ0) is 11.7. The lowest BCUT2D eigenvalue weighted by molar-refractivity contribution is 0.563. The highest BCUT2D eigenvalue weighted by Crippen LogP contribution is 2.30. The summed E-state index contributed by atoms with van der Waals surface area (Å²) in [6.07, 6.45) is 6.80. The molecule has 1 saturated carbocycles. The van der Waals surface area contributed by atoms with Gasteiger partial charge in [-0.15, -0.1) is 0 Å². The van der Waals surface area contributed by atoms with Crippen molar-refractivity contribution < 1.29 is 0 Å². The Hall–Kier alpha value is -1.61. The monoisotopic (exact) mass is 227 g/mol. The average molecular weight is 227 g/mol. The van der Waals surface area contributed by atoms with E-state index in [1.807, 2.05) is 6.20 Å². The lowest BCUT2D eigenvalue weighted by atomic mass is 10.1. The summed E-state index contributed by atoms with van der Waals surface area (Å²) in [6, 6.07) is 8.38. The van der Waals surface area contributed by atoms with Gasteiger partial charge in [0, 0.05) is 24.8 Å². The maximum absolute atomic E-state index is 5.59. The number of hydrogen-bond acceptors (Lipinski definition) is 2. The molecule has 0 unspecified atom stereocenters. The van der Waals surface area contributed by atoms with Gasteiger partial charge in [0.1, 0.15) is 0 Å². The first-order valence-electron chi connectivity index (χ1n) is 6.17. The molecular formula is C14H17N3. The molecule has 2 N–H and O–H groups in total. The van der Waals surface area contributed by atoms with Crippen LogP contribution in [0.3, 0.4) is 0 Å². The van der Waals surface area contributed by atoms with Crippen molar-refractivity contribution in [2.45, 2.75) is 25.9 Å². The molecule has 2 aromatic rings. The van der Waals surface area contributed by atoms with Gasteiger partial charge in [0.15, 0.2) is 0 Å². The van der Waals surface area contributed by atoms with E-state index in [0.29, 0.717) is 6.54 Å². The molecule has 17 heavy (non-hydrogen) atoms. The largest absolute Gasteiger partial charge is 0.326 e. The number of nitrogens with two attached hydrogens (primary N) is 1. The number of nitrogens with zero attached hydrogens (tertiary/aromatic N) is 2. The van der Waals surface area contributed by atoms with E-state index in [0.717, 1.165) is 12.5 Å². The molecule has 1 aromatic heterocycles. The predicted octanol–water partition coefficient (Wildman–Crippen LogP) is 2.42. The Morgan fingerprint density at radius 2 is 1.94 bits per heavy atom. The van der Waals surface area contributed by atoms with E-state index in [9.17, 15) is 0 Å². The Morgan fingerprint density at radius 3 is 2.59 bits per heavy atom. The fourth-order valence-corrected chi connectivity index (χ4v) is 2.01. The zero-order valence-electron chi connectivity index (χ0n) is 9.84. The maximum Gasteiger partial charge on any atom is 0.0568 e. The molecule has 0 saturated heterocycles. The van der Waals surface area contributed by atoms with Crippen LogP contribution in [-0.4, -0.2) is 9.78 Å². The lowest BCUT2D eigenvalue weighted by Gasteiger charge is -2.00. The lowest BCUT2D eigenvalue weighted by Crippen LogP contribution is -1.99. The van der Waals surface area contributed by atoms with E-state index in [1.54, 1.807) is 0 Å². The van der Waals surface area contributed by atoms with Crippen molar-refractivity contribution in [3.05, 3.63) is 42.2 Å². The molecule has 3 nitrogen and oxygen atoms in total. The second-order valence-electron chi connectivity index (χ2n) is 4.80. The molecule has 88 valence electrons. The van der Waals surface area contributed by atoms with E-state index in [2.05, 4.69) is 40.2 Å². The summed E-state index contributed by atoms with van der Waals surface area (Å²) in [5.74, 6) is 0.863. The van der Waals surface area contributed by atoms with Crippen LogP contribution in [0.25, 0.3) is 11.1 Å². The standard InChI is InChI=1S/C14H17N3/c15-7-11-3-5-13(6-4-11)14-8-16-17(10-14)9-12-1-2-12/h3-6,8,10,12H,1-2,7,9,15H2. The number of benzene rings is 1. The molecule has 0 radical (unpaired) electrons. The highest BCUT2D eigenvalue weighted by atomic mass is 15.3. The minimum Gasteiger partial charge on any atom is -0.326 e. The number of hydrogen-bond donors (Lipinski definition) is 1. The number of rotatable bonds is 4. The third-order valence-corrected chi connectivity index (χ3v) is 3.30. The Bertz CT molecular complexity index is 494. The summed E-state index contributed by atoms with van der Waals surface area (Å²) in [5.41, 5.74) is 9.16. The Morgan fingerprint density at radius 1 is 1.18 bits per heavy atom. The van der Waals surface area contributed by atoms with Gasteiger partial charge in [-0.1, -0.05) is 24.3 Å². The van der Waals surface area contributed by atoms with Crippen LogP contribution in [0.4, 0.5) is 0 Å². The van der Waals surface area contributed by atoms with Crippen LogP contribution < -0.4 is 5.73 Å². The predicted molar refractivity (Wildman–Crippen MR) is 68.3 cm³/mol. The summed E-state index contributed by atoms with van der Waals surface area (Å²) >= 11 is 0. The summed E-state index contributed by atoms with van der Waals surface area (Å²) in [5, 5.41) is 4.41. The van der Waals surface area contributed by atoms with Crippen LogP contribution in [0.15, 0.2) is 36.7 Å². The summed E-state index contributed by atoms with van der Waals surface area (Å²) in [7, 11) is 0. The Labute approximate surface area is 101 Å². The molecule has 3 heteroatoms. The van der Waals surface area contributed by atoms with Crippen molar-refractivity contribution >= 4 is 0 Å². The first kappa shape index (κ1) is 10.5. The van der Waals surface area contributed by atoms with Gasteiger partial charge in [0.2, 0.25) is 0 Å². The van der Waals surface area contributed by atoms with Crippen molar-refractivity contribution in [3.63, 3.8) is 0 Å². The van der Waals surface area contributed by atoms with E-state index in [4.69, 9.17) is 5.73 Å². The van der Waals surface area contributed by atoms with Crippen molar-refractivity contribution in [1.29, 1.82) is 0 Å². The van der Waals surface area contributed by atoms with Crippen molar-refractivity contribution in [1.82, 2.24) is 9.78 Å². The molecule has 1 aliphatic carbocycles. The van der Waals surface area contributed by atoms with Crippen LogP contribution in [0, 0.1) is 5.92 Å². The van der Waals surface area contributed by atoms with Gasteiger partial charge in [-0.3, -0.25) is 4.68 Å². The van der Waals surface area contributed by atoms with Gasteiger partial charge in [0.05, 0.1) is 6.20 Å². The van der Waals surface area contributed by atoms with Crippen molar-refractivity contribution in [2.24, 2.45) is 11.7 Å². The highest BCUT2D eigenvalue weighted by molar-refractivity contribution is 5.61. The summed E-state index contributed by atoms with van der Waals surface area (Å²) < 4.78 is 2.06. The molecule has 0 bridgehead atoms. The van der Waals surface area contributed by atoms with E-state index in [-0.39, 0.29) is 0 Å². The molecule has 0 atom stereocenters. The van der Waals surface area contributed by atoms with Crippen LogP contribution in [0.2, 0.25) is 0 Å². The van der Waals surface area contributed by atoms with Gasteiger partial charge in [-0.05, 0) is 29.9 Å². The smallest absolute Gasteiger partial charge is 0.0568 e. The number of aromatic nitrogens is 2. The average Bonchev–Trinajstić information content (AvgIpc) is 3.06. The van der Waals surface area contributed by atoms with Gasteiger partial charge < -0.3 is 5.73 Å². The first-order valence-corrected chi connectivity index (χ1v) is 6.17. The molecule has 1 heterocycles. The molecule has 1 aromatic carbocycles. The molecule has 0 spiro atoms. The van der Waals surface area contributed by atoms with E-state index >= 15 is 0 Å². The highest BCUT2D eigenvalue weighted by Gasteiger charge is 2.21. The fourth-order valence-electron chi connectivity index (χ4n) is 2.01. The van der Waals surface area contributed by atoms with Crippen LogP contribution >= 0.6 is 0 Å². The third kappa shape index (κ3) is 2.39. The van der Waals surface area contributed by atoms with Gasteiger partial charge in [-0.25, -0.2) is 0 Å². The molecule has 3 rings (SSSR count). The minimum absolute atomic E-state index is 0.598. The second-order valence-corrected chi connectivity index (χ2v) is 4.80. The van der Waals surface area contributed by atoms with E-state index < -0.39 is 0 Å². The Kier molecular flexibility index (Phi) is 2.69. The molecule has 0 amide bonds. The summed E-state index contributed by atoms with van der Waals surface area (Å²) in [6.45, 7) is 1.67. The maximum atomic E-state index is 5.59. The van der Waals surface area contributed by atoms with Gasteiger partial charge in [-0.2, -0.15) is 5.10 Å². The second kappa shape index (κ2) is 4.34. The van der Waals surface area contributed by atoms with Crippen molar-refractivity contribution in [3.8, 4) is 11.1 Å². The van der Waals surface area contributed by atoms with Crippen LogP contribution in [0.1, 0.15) is 18.4 Å². The van der Waals surface area contributed by atoms with Crippen LogP contribution in [0.5, 0.6) is 0 Å². The Balaban J connectivity index is 1.79. The fraction of sp³-hybridized carbons (Fsp3) is 0.357.